The van der Waals surface area contributed by atoms with Gasteiger partial charge >= 0.3 is 6.03 Å². The molecule has 0 unspecified atom stereocenters. The molecule has 5 nitrogen and oxygen atoms in total. The number of ether oxygens (including phenoxy) is 1. The molecule has 2 amide bonds. The minimum Gasteiger partial charge on any atom is -0.508 e. The Bertz CT molecular complexity index is 777. The van der Waals surface area contributed by atoms with Crippen molar-refractivity contribution in [3.8, 4) is 5.75 Å². The minimum absolute atomic E-state index is 0.0462. The number of phenols is 1. The van der Waals surface area contributed by atoms with Gasteiger partial charge in [0.25, 0.3) is 0 Å². The predicted octanol–water partition coefficient (Wildman–Crippen LogP) is 3.16. The van der Waals surface area contributed by atoms with Crippen LogP contribution >= 0.6 is 0 Å². The molecule has 1 saturated heterocycles. The van der Waals surface area contributed by atoms with Gasteiger partial charge in [0.15, 0.2) is 0 Å². The fourth-order valence-corrected chi connectivity index (χ4v) is 3.71. The van der Waals surface area contributed by atoms with Crippen LogP contribution in [0.15, 0.2) is 48.5 Å². The zero-order chi connectivity index (χ0) is 17.2. The Balaban J connectivity index is 1.42. The maximum Gasteiger partial charge on any atom is 0.318 e. The molecule has 1 aliphatic carbocycles. The highest BCUT2D eigenvalue weighted by Crippen LogP contribution is 2.31. The number of fused-ring (bicyclic) bond motifs is 1. The highest BCUT2D eigenvalue weighted by Gasteiger charge is 2.29. The number of morpholine rings is 1. The van der Waals surface area contributed by atoms with Gasteiger partial charge in [-0.1, -0.05) is 36.4 Å². The summed E-state index contributed by atoms with van der Waals surface area (Å²) in [6, 6.07) is 15.4. The number of hydrogen-bond donors (Lipinski definition) is 2. The zero-order valence-electron chi connectivity index (χ0n) is 14.0. The second-order valence-corrected chi connectivity index (χ2v) is 6.64. The topological polar surface area (TPSA) is 61.8 Å². The number of rotatable bonds is 2. The van der Waals surface area contributed by atoms with Crippen molar-refractivity contribution < 1.29 is 14.6 Å². The van der Waals surface area contributed by atoms with Gasteiger partial charge in [0.2, 0.25) is 0 Å². The highest BCUT2D eigenvalue weighted by atomic mass is 16.5. The van der Waals surface area contributed by atoms with Crippen LogP contribution in [0.2, 0.25) is 0 Å². The van der Waals surface area contributed by atoms with Crippen LogP contribution in [0.4, 0.5) is 4.79 Å². The number of carbonyl (C=O) groups excluding carboxylic acids is 1. The zero-order valence-corrected chi connectivity index (χ0v) is 14.0. The molecule has 4 rings (SSSR count). The van der Waals surface area contributed by atoms with Crippen LogP contribution in [0, 0.1) is 0 Å². The summed E-state index contributed by atoms with van der Waals surface area (Å²) in [5.41, 5.74) is 3.45. The van der Waals surface area contributed by atoms with Gasteiger partial charge in [0, 0.05) is 6.54 Å². The standard InChI is InChI=1S/C20H22N2O3/c23-16-6-3-5-15(12-16)19-13-22(10-11-25-19)20(24)21-18-9-8-14-4-1-2-7-17(14)18/h1-7,12,18-19,23H,8-11,13H2,(H,21,24)/t18-,19+/m1/s1. The van der Waals surface area contributed by atoms with Crippen LogP contribution in [-0.2, 0) is 11.2 Å². The van der Waals surface area contributed by atoms with E-state index in [1.165, 1.54) is 11.1 Å². The van der Waals surface area contributed by atoms with Crippen molar-refractivity contribution in [2.45, 2.75) is 25.0 Å². The van der Waals surface area contributed by atoms with Crippen molar-refractivity contribution in [3.63, 3.8) is 0 Å². The number of aromatic hydroxyl groups is 1. The average Bonchev–Trinajstić information content (AvgIpc) is 3.05. The Hall–Kier alpha value is -2.53. The fourth-order valence-electron chi connectivity index (χ4n) is 3.71. The lowest BCUT2D eigenvalue weighted by Crippen LogP contribution is -2.47. The number of nitrogens with one attached hydrogen (secondary N) is 1. The van der Waals surface area contributed by atoms with Gasteiger partial charge in [-0.05, 0) is 41.7 Å². The summed E-state index contributed by atoms with van der Waals surface area (Å²) < 4.78 is 5.79. The molecule has 2 aromatic rings. The van der Waals surface area contributed by atoms with E-state index in [0.29, 0.717) is 19.7 Å². The van der Waals surface area contributed by atoms with Crippen LogP contribution in [0.3, 0.4) is 0 Å². The number of hydrogen-bond acceptors (Lipinski definition) is 3. The van der Waals surface area contributed by atoms with E-state index in [0.717, 1.165) is 18.4 Å². The molecule has 0 radical (unpaired) electrons. The van der Waals surface area contributed by atoms with Crippen LogP contribution in [0.5, 0.6) is 5.75 Å². The molecule has 0 bridgehead atoms. The SMILES string of the molecule is O=C(N[C@@H]1CCc2ccccc21)N1CCO[C@H](c2cccc(O)c2)C1. The molecule has 25 heavy (non-hydrogen) atoms. The maximum absolute atomic E-state index is 12.7. The normalized spacial score (nSPS) is 22.5. The van der Waals surface area contributed by atoms with Crippen LogP contribution in [0.25, 0.3) is 0 Å². The molecule has 0 spiro atoms. The Morgan fingerprint density at radius 1 is 1.20 bits per heavy atom. The van der Waals surface area contributed by atoms with Gasteiger partial charge < -0.3 is 20.1 Å². The maximum atomic E-state index is 12.7. The first kappa shape index (κ1) is 16.0. The largest absolute Gasteiger partial charge is 0.508 e. The van der Waals surface area contributed by atoms with E-state index in [-0.39, 0.29) is 23.9 Å². The molecule has 5 heteroatoms. The quantitative estimate of drug-likeness (QED) is 0.884. The monoisotopic (exact) mass is 338 g/mol. The third-order valence-electron chi connectivity index (χ3n) is 5.03. The number of phenolic OH excluding ortho intramolecular Hbond substituents is 1. The molecule has 1 heterocycles. The molecule has 2 N–H and O–H groups in total. The molecule has 2 aromatic carbocycles. The van der Waals surface area contributed by atoms with Crippen LogP contribution < -0.4 is 5.32 Å². The average molecular weight is 338 g/mol. The van der Waals surface area contributed by atoms with Crippen molar-refractivity contribution in [1.82, 2.24) is 10.2 Å². The molecule has 2 atom stereocenters. The number of nitrogens with zero attached hydrogens (tertiary/aromatic N) is 1. The first-order valence-corrected chi connectivity index (χ1v) is 8.74. The highest BCUT2D eigenvalue weighted by molar-refractivity contribution is 5.75. The Morgan fingerprint density at radius 3 is 2.96 bits per heavy atom. The Kier molecular flexibility index (Phi) is 4.32. The molecule has 1 aliphatic heterocycles. The Labute approximate surface area is 147 Å². The van der Waals surface area contributed by atoms with E-state index < -0.39 is 0 Å². The first-order valence-electron chi connectivity index (χ1n) is 8.74. The number of urea groups is 1. The third-order valence-corrected chi connectivity index (χ3v) is 5.03. The van der Waals surface area contributed by atoms with Crippen molar-refractivity contribution in [2.75, 3.05) is 19.7 Å². The van der Waals surface area contributed by atoms with Gasteiger partial charge in [-0.15, -0.1) is 0 Å². The summed E-state index contributed by atoms with van der Waals surface area (Å²) in [4.78, 5) is 14.5. The lowest BCUT2D eigenvalue weighted by atomic mass is 10.1. The summed E-state index contributed by atoms with van der Waals surface area (Å²) in [5.74, 6) is 0.213. The summed E-state index contributed by atoms with van der Waals surface area (Å²) in [5, 5.41) is 12.8. The number of carbonyl (C=O) groups is 1. The van der Waals surface area contributed by atoms with Crippen molar-refractivity contribution >= 4 is 6.03 Å². The Morgan fingerprint density at radius 2 is 2.08 bits per heavy atom. The first-order chi connectivity index (χ1) is 12.2. The number of benzene rings is 2. The molecule has 0 saturated carbocycles. The minimum atomic E-state index is -0.206. The summed E-state index contributed by atoms with van der Waals surface area (Å²) in [6.07, 6.45) is 1.75. The smallest absolute Gasteiger partial charge is 0.318 e. The molecule has 0 aromatic heterocycles. The summed E-state index contributed by atoms with van der Waals surface area (Å²) >= 11 is 0. The second kappa shape index (κ2) is 6.76. The van der Waals surface area contributed by atoms with Gasteiger partial charge in [0.05, 0.1) is 19.2 Å². The number of aryl methyl sites for hydroxylation is 1. The van der Waals surface area contributed by atoms with E-state index >= 15 is 0 Å². The van der Waals surface area contributed by atoms with Crippen LogP contribution in [-0.4, -0.2) is 35.7 Å². The fraction of sp³-hybridized carbons (Fsp3) is 0.350. The predicted molar refractivity (Wildman–Crippen MR) is 94.4 cm³/mol. The van der Waals surface area contributed by atoms with E-state index in [1.807, 2.05) is 18.2 Å². The lowest BCUT2D eigenvalue weighted by Gasteiger charge is -2.34. The van der Waals surface area contributed by atoms with E-state index in [9.17, 15) is 9.90 Å². The molecule has 1 fully saturated rings. The van der Waals surface area contributed by atoms with Gasteiger partial charge in [-0.3, -0.25) is 0 Å². The van der Waals surface area contributed by atoms with Gasteiger partial charge in [0.1, 0.15) is 11.9 Å². The molecule has 130 valence electrons. The van der Waals surface area contributed by atoms with Crippen molar-refractivity contribution in [1.29, 1.82) is 0 Å². The second-order valence-electron chi connectivity index (χ2n) is 6.64. The van der Waals surface area contributed by atoms with Crippen molar-refractivity contribution in [3.05, 3.63) is 65.2 Å². The molecular weight excluding hydrogens is 316 g/mol. The third kappa shape index (κ3) is 3.33. The van der Waals surface area contributed by atoms with Crippen molar-refractivity contribution in [2.24, 2.45) is 0 Å². The number of amides is 2. The molecule has 2 aliphatic rings. The van der Waals surface area contributed by atoms with E-state index in [4.69, 9.17) is 4.74 Å². The van der Waals surface area contributed by atoms with Gasteiger partial charge in [-0.25, -0.2) is 4.79 Å². The molecular formula is C20H22N2O3. The van der Waals surface area contributed by atoms with Gasteiger partial charge in [-0.2, -0.15) is 0 Å². The van der Waals surface area contributed by atoms with Crippen LogP contribution in [0.1, 0.15) is 35.3 Å². The van der Waals surface area contributed by atoms with E-state index in [1.54, 1.807) is 23.1 Å². The summed E-state index contributed by atoms with van der Waals surface area (Å²) in [6.45, 7) is 1.56. The summed E-state index contributed by atoms with van der Waals surface area (Å²) in [7, 11) is 0. The lowest BCUT2D eigenvalue weighted by molar-refractivity contribution is -0.0158. The van der Waals surface area contributed by atoms with E-state index in [2.05, 4.69) is 17.4 Å².